The average molecular weight is 461 g/mol. The lowest BCUT2D eigenvalue weighted by atomic mass is 10.0. The van der Waals surface area contributed by atoms with Crippen LogP contribution in [0.3, 0.4) is 0 Å². The van der Waals surface area contributed by atoms with Crippen molar-refractivity contribution < 1.29 is 38.2 Å². The van der Waals surface area contributed by atoms with Crippen LogP contribution in [-0.4, -0.2) is 72.6 Å². The summed E-state index contributed by atoms with van der Waals surface area (Å²) in [5.74, 6) is -2.13. The standard InChI is InChI=1S/C22H27N3O8/c1-22(2,3)33-21(30)23-9-10-31-11-12-32-15-6-4-5-13-17(15)20(29)25(19(13)28)14-7-8-16(26)24-18(14)27/h4-6,14H,7-12H2,1-3H3,(H,23,30)(H,24,26,27). The van der Waals surface area contributed by atoms with E-state index in [1.807, 2.05) is 0 Å². The Hall–Kier alpha value is -3.47. The number of hydrogen-bond acceptors (Lipinski definition) is 8. The molecular weight excluding hydrogens is 434 g/mol. The maximum absolute atomic E-state index is 13.0. The molecule has 5 amide bonds. The van der Waals surface area contributed by atoms with Gasteiger partial charge in [-0.05, 0) is 39.3 Å². The summed E-state index contributed by atoms with van der Waals surface area (Å²) in [6.07, 6.45) is -0.406. The molecule has 0 bridgehead atoms. The van der Waals surface area contributed by atoms with Crippen LogP contribution in [0.25, 0.3) is 0 Å². The number of rotatable bonds is 8. The molecule has 2 aliphatic rings. The molecule has 1 fully saturated rings. The second kappa shape index (κ2) is 9.99. The molecule has 3 rings (SSSR count). The maximum Gasteiger partial charge on any atom is 0.407 e. The van der Waals surface area contributed by atoms with Gasteiger partial charge < -0.3 is 19.5 Å². The van der Waals surface area contributed by atoms with Crippen molar-refractivity contribution >= 4 is 29.7 Å². The van der Waals surface area contributed by atoms with Crippen LogP contribution >= 0.6 is 0 Å². The average Bonchev–Trinajstić information content (AvgIpc) is 2.97. The second-order valence-corrected chi connectivity index (χ2v) is 8.52. The Morgan fingerprint density at radius 1 is 1.12 bits per heavy atom. The third kappa shape index (κ3) is 5.86. The van der Waals surface area contributed by atoms with Crippen LogP contribution in [0.5, 0.6) is 5.75 Å². The highest BCUT2D eigenvalue weighted by Gasteiger charge is 2.45. The molecule has 2 heterocycles. The van der Waals surface area contributed by atoms with Gasteiger partial charge >= 0.3 is 6.09 Å². The number of nitrogens with one attached hydrogen (secondary N) is 2. The van der Waals surface area contributed by atoms with Crippen LogP contribution in [0, 0.1) is 0 Å². The monoisotopic (exact) mass is 461 g/mol. The van der Waals surface area contributed by atoms with E-state index in [1.165, 1.54) is 6.07 Å². The minimum Gasteiger partial charge on any atom is -0.490 e. The van der Waals surface area contributed by atoms with Crippen molar-refractivity contribution in [1.29, 1.82) is 0 Å². The number of alkyl carbamates (subject to hydrolysis) is 1. The van der Waals surface area contributed by atoms with Crippen molar-refractivity contribution in [3.63, 3.8) is 0 Å². The molecule has 0 radical (unpaired) electrons. The van der Waals surface area contributed by atoms with Crippen LogP contribution in [0.1, 0.15) is 54.3 Å². The van der Waals surface area contributed by atoms with Gasteiger partial charge in [0.15, 0.2) is 0 Å². The Bertz CT molecular complexity index is 969. The van der Waals surface area contributed by atoms with Gasteiger partial charge in [-0.1, -0.05) is 6.07 Å². The lowest BCUT2D eigenvalue weighted by molar-refractivity contribution is -0.136. The third-order valence-electron chi connectivity index (χ3n) is 4.83. The third-order valence-corrected chi connectivity index (χ3v) is 4.83. The first-order chi connectivity index (χ1) is 15.6. The van der Waals surface area contributed by atoms with E-state index < -0.39 is 41.4 Å². The smallest absolute Gasteiger partial charge is 0.407 e. The van der Waals surface area contributed by atoms with Crippen molar-refractivity contribution in [3.05, 3.63) is 29.3 Å². The SMILES string of the molecule is CC(C)(C)OC(=O)NCCOCCOc1cccc2c1C(=O)N(C1CCC(=O)NC1=O)C2=O. The maximum atomic E-state index is 13.0. The molecule has 1 unspecified atom stereocenters. The predicted molar refractivity (Wildman–Crippen MR) is 114 cm³/mol. The molecule has 2 N–H and O–H groups in total. The van der Waals surface area contributed by atoms with Crippen molar-refractivity contribution in [2.75, 3.05) is 26.4 Å². The molecule has 0 saturated carbocycles. The summed E-state index contributed by atoms with van der Waals surface area (Å²) in [5, 5.41) is 4.73. The minimum atomic E-state index is -1.04. The highest BCUT2D eigenvalue weighted by atomic mass is 16.6. The molecule has 0 aliphatic carbocycles. The minimum absolute atomic E-state index is 0.0489. The first-order valence-electron chi connectivity index (χ1n) is 10.6. The lowest BCUT2D eigenvalue weighted by Crippen LogP contribution is -2.54. The number of benzene rings is 1. The molecule has 0 aromatic heterocycles. The number of piperidine rings is 1. The zero-order valence-electron chi connectivity index (χ0n) is 18.8. The van der Waals surface area contributed by atoms with E-state index in [0.29, 0.717) is 0 Å². The Balaban J connectivity index is 1.50. The fraction of sp³-hybridized carbons (Fsp3) is 0.500. The molecule has 11 nitrogen and oxygen atoms in total. The topological polar surface area (TPSA) is 140 Å². The van der Waals surface area contributed by atoms with Gasteiger partial charge in [-0.2, -0.15) is 0 Å². The van der Waals surface area contributed by atoms with Crippen LogP contribution in [0.4, 0.5) is 4.79 Å². The highest BCUT2D eigenvalue weighted by molar-refractivity contribution is 6.24. The summed E-state index contributed by atoms with van der Waals surface area (Å²) in [7, 11) is 0. The molecule has 33 heavy (non-hydrogen) atoms. The van der Waals surface area contributed by atoms with Gasteiger partial charge in [0, 0.05) is 13.0 Å². The van der Waals surface area contributed by atoms with Crippen molar-refractivity contribution in [2.45, 2.75) is 45.3 Å². The van der Waals surface area contributed by atoms with Gasteiger partial charge in [0.25, 0.3) is 11.8 Å². The van der Waals surface area contributed by atoms with Crippen LogP contribution in [-0.2, 0) is 19.1 Å². The Morgan fingerprint density at radius 3 is 2.58 bits per heavy atom. The Kier molecular flexibility index (Phi) is 7.32. The first-order valence-corrected chi connectivity index (χ1v) is 10.6. The molecule has 1 aromatic carbocycles. The Labute approximate surface area is 190 Å². The normalized spacial score (nSPS) is 18.2. The molecule has 1 aromatic rings. The van der Waals surface area contributed by atoms with E-state index >= 15 is 0 Å². The van der Waals surface area contributed by atoms with Gasteiger partial charge in [-0.25, -0.2) is 4.79 Å². The molecular formula is C22H27N3O8. The van der Waals surface area contributed by atoms with E-state index in [-0.39, 0.29) is 56.1 Å². The summed E-state index contributed by atoms with van der Waals surface area (Å²) in [6, 6.07) is 3.59. The fourth-order valence-electron chi connectivity index (χ4n) is 3.46. The number of hydrogen-bond donors (Lipinski definition) is 2. The molecule has 11 heteroatoms. The fourth-order valence-corrected chi connectivity index (χ4v) is 3.46. The predicted octanol–water partition coefficient (Wildman–Crippen LogP) is 1.01. The van der Waals surface area contributed by atoms with Crippen LogP contribution < -0.4 is 15.4 Å². The number of ether oxygens (including phenoxy) is 3. The van der Waals surface area contributed by atoms with Gasteiger partial charge in [0.05, 0.1) is 24.3 Å². The van der Waals surface area contributed by atoms with Crippen LogP contribution in [0.15, 0.2) is 18.2 Å². The quantitative estimate of drug-likeness (QED) is 0.432. The number of fused-ring (bicyclic) bond motifs is 1. The van der Waals surface area contributed by atoms with E-state index in [1.54, 1.807) is 32.9 Å². The second-order valence-electron chi connectivity index (χ2n) is 8.52. The number of amides is 5. The van der Waals surface area contributed by atoms with E-state index in [4.69, 9.17) is 14.2 Å². The van der Waals surface area contributed by atoms with Gasteiger partial charge in [-0.15, -0.1) is 0 Å². The van der Waals surface area contributed by atoms with E-state index in [9.17, 15) is 24.0 Å². The van der Waals surface area contributed by atoms with Crippen molar-refractivity contribution in [1.82, 2.24) is 15.5 Å². The molecule has 1 atom stereocenters. The summed E-state index contributed by atoms with van der Waals surface area (Å²) in [4.78, 5) is 61.8. The molecule has 2 aliphatic heterocycles. The largest absolute Gasteiger partial charge is 0.490 e. The van der Waals surface area contributed by atoms with Crippen molar-refractivity contribution in [3.8, 4) is 5.75 Å². The number of carbonyl (C=O) groups excluding carboxylic acids is 5. The number of nitrogens with zero attached hydrogens (tertiary/aromatic N) is 1. The van der Waals surface area contributed by atoms with E-state index in [2.05, 4.69) is 10.6 Å². The summed E-state index contributed by atoms with van der Waals surface area (Å²) >= 11 is 0. The van der Waals surface area contributed by atoms with Crippen LogP contribution in [0.2, 0.25) is 0 Å². The number of carbonyl (C=O) groups is 5. The lowest BCUT2D eigenvalue weighted by Gasteiger charge is -2.27. The van der Waals surface area contributed by atoms with Gasteiger partial charge in [0.2, 0.25) is 11.8 Å². The van der Waals surface area contributed by atoms with Crippen molar-refractivity contribution in [2.24, 2.45) is 0 Å². The summed E-state index contributed by atoms with van der Waals surface area (Å²) in [6.45, 7) is 6.07. The zero-order chi connectivity index (χ0) is 24.2. The van der Waals surface area contributed by atoms with E-state index in [0.717, 1.165) is 4.90 Å². The summed E-state index contributed by atoms with van der Waals surface area (Å²) in [5.41, 5.74) is -0.357. The highest BCUT2D eigenvalue weighted by Crippen LogP contribution is 2.33. The summed E-state index contributed by atoms with van der Waals surface area (Å²) < 4.78 is 16.2. The zero-order valence-corrected chi connectivity index (χ0v) is 18.8. The Morgan fingerprint density at radius 2 is 1.88 bits per heavy atom. The molecule has 1 saturated heterocycles. The molecule has 0 spiro atoms. The number of imide groups is 2. The van der Waals surface area contributed by atoms with Gasteiger partial charge in [0.1, 0.15) is 24.0 Å². The first kappa shape index (κ1) is 24.2. The van der Waals surface area contributed by atoms with Gasteiger partial charge in [-0.3, -0.25) is 29.4 Å². The molecule has 178 valence electrons.